The van der Waals surface area contributed by atoms with Crippen molar-refractivity contribution < 1.29 is 0 Å². The van der Waals surface area contributed by atoms with Crippen LogP contribution < -0.4 is 5.32 Å². The van der Waals surface area contributed by atoms with Crippen LogP contribution >= 0.6 is 11.6 Å². The van der Waals surface area contributed by atoms with Gasteiger partial charge < -0.3 is 5.32 Å². The summed E-state index contributed by atoms with van der Waals surface area (Å²) in [4.78, 5) is 0. The van der Waals surface area contributed by atoms with Crippen LogP contribution in [-0.4, -0.2) is 17.2 Å². The van der Waals surface area contributed by atoms with Gasteiger partial charge in [0.25, 0.3) is 0 Å². The third-order valence-electron chi connectivity index (χ3n) is 2.19. The highest BCUT2D eigenvalue weighted by molar-refractivity contribution is 6.30. The van der Waals surface area contributed by atoms with Crippen molar-refractivity contribution in [1.82, 2.24) is 15.5 Å². The molecule has 2 N–H and O–H groups in total. The molecule has 0 atom stereocenters. The van der Waals surface area contributed by atoms with Crippen molar-refractivity contribution in [3.05, 3.63) is 16.4 Å². The quantitative estimate of drug-likeness (QED) is 0.752. The first-order chi connectivity index (χ1) is 5.83. The standard InChI is InChI=1S/C8H12ClN3/c1-10-4-6-7(5-2-3-5)11-12-8(6)9/h5,10H,2-4H2,1H3,(H,11,12). The molecule has 1 heterocycles. The van der Waals surface area contributed by atoms with Crippen LogP contribution in [0.25, 0.3) is 0 Å². The summed E-state index contributed by atoms with van der Waals surface area (Å²) in [6, 6.07) is 0. The number of aromatic nitrogens is 2. The molecule has 0 spiro atoms. The summed E-state index contributed by atoms with van der Waals surface area (Å²) in [7, 11) is 1.92. The highest BCUT2D eigenvalue weighted by Crippen LogP contribution is 2.41. The van der Waals surface area contributed by atoms with E-state index in [0.29, 0.717) is 11.1 Å². The van der Waals surface area contributed by atoms with Gasteiger partial charge in [0.15, 0.2) is 5.15 Å². The van der Waals surface area contributed by atoms with E-state index in [2.05, 4.69) is 15.5 Å². The second-order valence-electron chi connectivity index (χ2n) is 3.21. The third-order valence-corrected chi connectivity index (χ3v) is 2.50. The third kappa shape index (κ3) is 1.34. The molecule has 1 aromatic heterocycles. The first kappa shape index (κ1) is 8.08. The molecule has 1 saturated carbocycles. The number of nitrogens with one attached hydrogen (secondary N) is 2. The van der Waals surface area contributed by atoms with Gasteiger partial charge in [0, 0.05) is 23.7 Å². The number of rotatable bonds is 3. The molecular formula is C8H12ClN3. The lowest BCUT2D eigenvalue weighted by atomic mass is 10.2. The molecule has 1 fully saturated rings. The molecule has 12 heavy (non-hydrogen) atoms. The van der Waals surface area contributed by atoms with E-state index in [1.54, 1.807) is 0 Å². The van der Waals surface area contributed by atoms with E-state index in [4.69, 9.17) is 11.6 Å². The fraction of sp³-hybridized carbons (Fsp3) is 0.625. The van der Waals surface area contributed by atoms with Gasteiger partial charge in [-0.05, 0) is 19.9 Å². The summed E-state index contributed by atoms with van der Waals surface area (Å²) in [6.07, 6.45) is 2.55. The first-order valence-electron chi connectivity index (χ1n) is 4.20. The van der Waals surface area contributed by atoms with E-state index in [-0.39, 0.29) is 0 Å². The van der Waals surface area contributed by atoms with Crippen LogP contribution in [0, 0.1) is 0 Å². The molecule has 0 aromatic carbocycles. The van der Waals surface area contributed by atoms with Gasteiger partial charge >= 0.3 is 0 Å². The maximum absolute atomic E-state index is 5.91. The van der Waals surface area contributed by atoms with Gasteiger partial charge in [-0.1, -0.05) is 11.6 Å². The fourth-order valence-corrected chi connectivity index (χ4v) is 1.62. The zero-order chi connectivity index (χ0) is 8.55. The molecule has 3 nitrogen and oxygen atoms in total. The Kier molecular flexibility index (Phi) is 2.07. The van der Waals surface area contributed by atoms with Crippen molar-refractivity contribution in [2.75, 3.05) is 7.05 Å². The van der Waals surface area contributed by atoms with E-state index in [1.165, 1.54) is 18.5 Å². The summed E-state index contributed by atoms with van der Waals surface area (Å²) in [5, 5.41) is 10.7. The SMILES string of the molecule is CNCc1c(Cl)n[nH]c1C1CC1. The van der Waals surface area contributed by atoms with E-state index in [9.17, 15) is 0 Å². The molecule has 4 heteroatoms. The normalized spacial score (nSPS) is 16.8. The number of halogens is 1. The lowest BCUT2D eigenvalue weighted by molar-refractivity contribution is 0.803. The second-order valence-corrected chi connectivity index (χ2v) is 3.57. The number of aromatic amines is 1. The summed E-state index contributed by atoms with van der Waals surface area (Å²) in [6.45, 7) is 0.807. The highest BCUT2D eigenvalue weighted by atomic mass is 35.5. The molecule has 0 aliphatic heterocycles. The largest absolute Gasteiger partial charge is 0.316 e. The lowest BCUT2D eigenvalue weighted by Crippen LogP contribution is -2.06. The Morgan fingerprint density at radius 2 is 2.42 bits per heavy atom. The molecule has 1 aliphatic carbocycles. The highest BCUT2D eigenvalue weighted by Gasteiger charge is 2.28. The average Bonchev–Trinajstić information content (AvgIpc) is 2.82. The number of nitrogens with zero attached hydrogens (tertiary/aromatic N) is 1. The minimum absolute atomic E-state index is 0.617. The first-order valence-corrected chi connectivity index (χ1v) is 4.58. The Morgan fingerprint density at radius 1 is 1.67 bits per heavy atom. The van der Waals surface area contributed by atoms with Crippen molar-refractivity contribution in [3.8, 4) is 0 Å². The number of hydrogen-bond acceptors (Lipinski definition) is 2. The molecule has 66 valence electrons. The van der Waals surface area contributed by atoms with Crippen LogP contribution in [-0.2, 0) is 6.54 Å². The van der Waals surface area contributed by atoms with E-state index >= 15 is 0 Å². The maximum Gasteiger partial charge on any atom is 0.155 e. The molecule has 0 radical (unpaired) electrons. The van der Waals surface area contributed by atoms with Gasteiger partial charge in [-0.25, -0.2) is 0 Å². The molecule has 0 bridgehead atoms. The van der Waals surface area contributed by atoms with Crippen LogP contribution in [0.3, 0.4) is 0 Å². The Balaban J connectivity index is 2.26. The van der Waals surface area contributed by atoms with Crippen molar-refractivity contribution in [2.45, 2.75) is 25.3 Å². The minimum atomic E-state index is 0.617. The Labute approximate surface area is 76.5 Å². The summed E-state index contributed by atoms with van der Waals surface area (Å²) < 4.78 is 0. The minimum Gasteiger partial charge on any atom is -0.316 e. The van der Waals surface area contributed by atoms with Gasteiger partial charge in [-0.3, -0.25) is 5.10 Å². The Morgan fingerprint density at radius 3 is 3.00 bits per heavy atom. The zero-order valence-electron chi connectivity index (χ0n) is 7.02. The maximum atomic E-state index is 5.91. The molecular weight excluding hydrogens is 174 g/mol. The molecule has 2 rings (SSSR count). The Hall–Kier alpha value is -0.540. The second kappa shape index (κ2) is 3.07. The van der Waals surface area contributed by atoms with Gasteiger partial charge in [-0.2, -0.15) is 5.10 Å². The van der Waals surface area contributed by atoms with E-state index in [1.807, 2.05) is 7.05 Å². The van der Waals surface area contributed by atoms with Gasteiger partial charge in [-0.15, -0.1) is 0 Å². The smallest absolute Gasteiger partial charge is 0.155 e. The average molecular weight is 186 g/mol. The lowest BCUT2D eigenvalue weighted by Gasteiger charge is -1.99. The van der Waals surface area contributed by atoms with Crippen molar-refractivity contribution in [1.29, 1.82) is 0 Å². The molecule has 0 amide bonds. The molecule has 0 saturated heterocycles. The van der Waals surface area contributed by atoms with Gasteiger partial charge in [0.05, 0.1) is 0 Å². The number of H-pyrrole nitrogens is 1. The molecule has 1 aliphatic rings. The van der Waals surface area contributed by atoms with Gasteiger partial charge in [0.1, 0.15) is 0 Å². The van der Waals surface area contributed by atoms with Crippen LogP contribution in [0.15, 0.2) is 0 Å². The predicted molar refractivity (Wildman–Crippen MR) is 48.3 cm³/mol. The summed E-state index contributed by atoms with van der Waals surface area (Å²) >= 11 is 5.91. The van der Waals surface area contributed by atoms with E-state index < -0.39 is 0 Å². The topological polar surface area (TPSA) is 40.7 Å². The zero-order valence-corrected chi connectivity index (χ0v) is 7.78. The summed E-state index contributed by atoms with van der Waals surface area (Å²) in [5.41, 5.74) is 2.37. The van der Waals surface area contributed by atoms with Crippen LogP contribution in [0.2, 0.25) is 5.15 Å². The molecule has 1 aromatic rings. The summed E-state index contributed by atoms with van der Waals surface area (Å²) in [5.74, 6) is 0.688. The monoisotopic (exact) mass is 185 g/mol. The van der Waals surface area contributed by atoms with E-state index in [0.717, 1.165) is 12.1 Å². The van der Waals surface area contributed by atoms with Crippen LogP contribution in [0.1, 0.15) is 30.0 Å². The van der Waals surface area contributed by atoms with Crippen molar-refractivity contribution >= 4 is 11.6 Å². The number of hydrogen-bond donors (Lipinski definition) is 2. The van der Waals surface area contributed by atoms with Crippen LogP contribution in [0.4, 0.5) is 0 Å². The van der Waals surface area contributed by atoms with Crippen molar-refractivity contribution in [3.63, 3.8) is 0 Å². The molecule has 0 unspecified atom stereocenters. The van der Waals surface area contributed by atoms with Crippen molar-refractivity contribution in [2.24, 2.45) is 0 Å². The Bertz CT molecular complexity index is 278. The fourth-order valence-electron chi connectivity index (χ4n) is 1.41. The van der Waals surface area contributed by atoms with Crippen LogP contribution in [0.5, 0.6) is 0 Å². The van der Waals surface area contributed by atoms with Gasteiger partial charge in [0.2, 0.25) is 0 Å². The predicted octanol–water partition coefficient (Wildman–Crippen LogP) is 1.66.